The van der Waals surface area contributed by atoms with Crippen molar-refractivity contribution >= 4 is 11.3 Å². The molecule has 0 atom stereocenters. The normalized spacial score (nSPS) is 11.0. The van der Waals surface area contributed by atoms with Gasteiger partial charge in [0.25, 0.3) is 0 Å². The summed E-state index contributed by atoms with van der Waals surface area (Å²) >= 11 is 1.50. The number of aryl methyl sites for hydroxylation is 2. The highest BCUT2D eigenvalue weighted by molar-refractivity contribution is 7.13. The molecule has 7 nitrogen and oxygen atoms in total. The molecule has 4 aromatic rings. The van der Waals surface area contributed by atoms with Crippen LogP contribution in [0.2, 0.25) is 0 Å². The van der Waals surface area contributed by atoms with Crippen LogP contribution >= 0.6 is 11.3 Å². The number of thiophene rings is 1. The molecule has 0 spiro atoms. The van der Waals surface area contributed by atoms with Crippen molar-refractivity contribution in [2.75, 3.05) is 0 Å². The molecule has 0 aliphatic heterocycles. The summed E-state index contributed by atoms with van der Waals surface area (Å²) in [7, 11) is 0. The summed E-state index contributed by atoms with van der Waals surface area (Å²) in [5, 5.41) is 5.84. The van der Waals surface area contributed by atoms with Crippen molar-refractivity contribution in [2.45, 2.75) is 20.4 Å². The van der Waals surface area contributed by atoms with Crippen molar-refractivity contribution in [3.05, 3.63) is 85.8 Å². The number of aromatic nitrogens is 4. The molecule has 0 aliphatic carbocycles. The standard InChI is InChI=1S/C19H16N4O3S/c1-12-5-3-6-13(2)16(12)23-9-8-22(18(24)19(23)25)11-15-20-17(21-26-15)14-7-4-10-27-14/h3-10H,11H2,1-2H3. The number of nitrogens with zero attached hydrogens (tertiary/aromatic N) is 4. The van der Waals surface area contributed by atoms with E-state index in [4.69, 9.17) is 4.52 Å². The van der Waals surface area contributed by atoms with Gasteiger partial charge in [-0.3, -0.25) is 18.7 Å². The van der Waals surface area contributed by atoms with Gasteiger partial charge in [0, 0.05) is 12.4 Å². The Bertz CT molecular complexity index is 1200. The molecule has 8 heteroatoms. The number of hydrogen-bond donors (Lipinski definition) is 0. The summed E-state index contributed by atoms with van der Waals surface area (Å²) in [6.45, 7) is 3.86. The van der Waals surface area contributed by atoms with Gasteiger partial charge in [0.1, 0.15) is 6.54 Å². The molecule has 0 saturated carbocycles. The zero-order valence-corrected chi connectivity index (χ0v) is 15.6. The van der Waals surface area contributed by atoms with Crippen LogP contribution in [-0.2, 0) is 6.54 Å². The van der Waals surface area contributed by atoms with E-state index in [9.17, 15) is 9.59 Å². The van der Waals surface area contributed by atoms with Gasteiger partial charge in [0.05, 0.1) is 10.6 Å². The molecule has 136 valence electrons. The zero-order valence-electron chi connectivity index (χ0n) is 14.7. The second kappa shape index (κ2) is 6.81. The maximum atomic E-state index is 12.6. The molecule has 0 unspecified atom stereocenters. The molecular formula is C19H16N4O3S. The molecule has 0 radical (unpaired) electrons. The Kier molecular flexibility index (Phi) is 4.33. The monoisotopic (exact) mass is 380 g/mol. The Morgan fingerprint density at radius 2 is 1.81 bits per heavy atom. The van der Waals surface area contributed by atoms with Crippen LogP contribution in [0.3, 0.4) is 0 Å². The van der Waals surface area contributed by atoms with Crippen LogP contribution in [-0.4, -0.2) is 19.3 Å². The Morgan fingerprint density at radius 1 is 1.04 bits per heavy atom. The van der Waals surface area contributed by atoms with Crippen molar-refractivity contribution in [2.24, 2.45) is 0 Å². The zero-order chi connectivity index (χ0) is 19.0. The van der Waals surface area contributed by atoms with E-state index >= 15 is 0 Å². The Labute approximate surface area is 158 Å². The Hall–Kier alpha value is -3.26. The van der Waals surface area contributed by atoms with E-state index in [1.165, 1.54) is 20.5 Å². The van der Waals surface area contributed by atoms with Crippen LogP contribution in [0.5, 0.6) is 0 Å². The van der Waals surface area contributed by atoms with Crippen LogP contribution in [0.15, 0.2) is 62.2 Å². The number of rotatable bonds is 4. The SMILES string of the molecule is Cc1cccc(C)c1-n1ccn(Cc2nc(-c3cccs3)no2)c(=O)c1=O. The lowest BCUT2D eigenvalue weighted by atomic mass is 10.1. The van der Waals surface area contributed by atoms with Gasteiger partial charge in [-0.1, -0.05) is 29.4 Å². The van der Waals surface area contributed by atoms with Gasteiger partial charge in [-0.15, -0.1) is 11.3 Å². The van der Waals surface area contributed by atoms with Crippen LogP contribution in [0.1, 0.15) is 17.0 Å². The van der Waals surface area contributed by atoms with E-state index in [0.717, 1.165) is 21.7 Å². The van der Waals surface area contributed by atoms with Crippen molar-refractivity contribution in [1.82, 2.24) is 19.3 Å². The van der Waals surface area contributed by atoms with E-state index in [1.54, 1.807) is 12.4 Å². The molecule has 3 aromatic heterocycles. The highest BCUT2D eigenvalue weighted by Gasteiger charge is 2.14. The van der Waals surface area contributed by atoms with Crippen molar-refractivity contribution in [3.8, 4) is 16.4 Å². The minimum atomic E-state index is -0.643. The quantitative estimate of drug-likeness (QED) is 0.509. The first-order valence-electron chi connectivity index (χ1n) is 8.30. The average Bonchev–Trinajstić information content (AvgIpc) is 3.32. The molecule has 3 heterocycles. The lowest BCUT2D eigenvalue weighted by Crippen LogP contribution is -2.40. The molecule has 0 saturated heterocycles. The first-order valence-corrected chi connectivity index (χ1v) is 9.17. The molecule has 27 heavy (non-hydrogen) atoms. The lowest BCUT2D eigenvalue weighted by molar-refractivity contribution is 0.369. The summed E-state index contributed by atoms with van der Waals surface area (Å²) in [5.74, 6) is 0.738. The minimum absolute atomic E-state index is 0.0417. The minimum Gasteiger partial charge on any atom is -0.337 e. The lowest BCUT2D eigenvalue weighted by Gasteiger charge is -2.12. The van der Waals surface area contributed by atoms with Crippen LogP contribution in [0.25, 0.3) is 16.4 Å². The predicted molar refractivity (Wildman–Crippen MR) is 102 cm³/mol. The molecule has 1 aromatic carbocycles. The maximum absolute atomic E-state index is 12.6. The fraction of sp³-hybridized carbons (Fsp3) is 0.158. The summed E-state index contributed by atoms with van der Waals surface area (Å²) < 4.78 is 7.88. The topological polar surface area (TPSA) is 82.9 Å². The summed E-state index contributed by atoms with van der Waals surface area (Å²) in [6.07, 6.45) is 3.15. The van der Waals surface area contributed by atoms with Gasteiger partial charge in [-0.05, 0) is 36.4 Å². The molecule has 0 bridgehead atoms. The number of benzene rings is 1. The fourth-order valence-electron chi connectivity index (χ4n) is 2.97. The summed E-state index contributed by atoms with van der Waals surface area (Å²) in [4.78, 5) is 30.4. The molecule has 0 aliphatic rings. The molecule has 4 rings (SSSR count). The third kappa shape index (κ3) is 3.15. The van der Waals surface area contributed by atoms with Crippen molar-refractivity contribution in [3.63, 3.8) is 0 Å². The Balaban J connectivity index is 1.69. The van der Waals surface area contributed by atoms with Gasteiger partial charge in [0.15, 0.2) is 0 Å². The highest BCUT2D eigenvalue weighted by Crippen LogP contribution is 2.21. The maximum Gasteiger partial charge on any atom is 0.321 e. The van der Waals surface area contributed by atoms with Crippen LogP contribution in [0.4, 0.5) is 0 Å². The van der Waals surface area contributed by atoms with Gasteiger partial charge in [-0.25, -0.2) is 0 Å². The van der Waals surface area contributed by atoms with E-state index < -0.39 is 11.1 Å². The summed E-state index contributed by atoms with van der Waals surface area (Å²) in [6, 6.07) is 9.52. The first-order chi connectivity index (χ1) is 13.0. The van der Waals surface area contributed by atoms with Crippen LogP contribution < -0.4 is 11.1 Å². The van der Waals surface area contributed by atoms with Crippen molar-refractivity contribution < 1.29 is 4.52 Å². The highest BCUT2D eigenvalue weighted by atomic mass is 32.1. The Morgan fingerprint density at radius 3 is 2.52 bits per heavy atom. The van der Waals surface area contributed by atoms with E-state index in [2.05, 4.69) is 10.1 Å². The van der Waals surface area contributed by atoms with Gasteiger partial charge < -0.3 is 4.52 Å². The van der Waals surface area contributed by atoms with E-state index in [-0.39, 0.29) is 12.4 Å². The molecule has 0 amide bonds. The molecule has 0 fully saturated rings. The van der Waals surface area contributed by atoms with Gasteiger partial charge in [-0.2, -0.15) is 4.98 Å². The average molecular weight is 380 g/mol. The van der Waals surface area contributed by atoms with Crippen LogP contribution in [0, 0.1) is 13.8 Å². The largest absolute Gasteiger partial charge is 0.337 e. The smallest absolute Gasteiger partial charge is 0.321 e. The second-order valence-corrected chi connectivity index (χ2v) is 7.08. The van der Waals surface area contributed by atoms with Gasteiger partial charge in [0.2, 0.25) is 11.7 Å². The van der Waals surface area contributed by atoms with Gasteiger partial charge >= 0.3 is 11.1 Å². The number of para-hydroxylation sites is 1. The first kappa shape index (κ1) is 17.2. The summed E-state index contributed by atoms with van der Waals surface area (Å²) in [5.41, 5.74) is 1.31. The second-order valence-electron chi connectivity index (χ2n) is 6.14. The molecular weight excluding hydrogens is 364 g/mol. The predicted octanol–water partition coefficient (Wildman–Crippen LogP) is 2.78. The third-order valence-electron chi connectivity index (χ3n) is 4.25. The number of hydrogen-bond acceptors (Lipinski definition) is 6. The fourth-order valence-corrected chi connectivity index (χ4v) is 3.61. The van der Waals surface area contributed by atoms with E-state index in [0.29, 0.717) is 5.82 Å². The third-order valence-corrected chi connectivity index (χ3v) is 5.12. The van der Waals surface area contributed by atoms with E-state index in [1.807, 2.05) is 49.6 Å². The van der Waals surface area contributed by atoms with Crippen molar-refractivity contribution in [1.29, 1.82) is 0 Å². The molecule has 0 N–H and O–H groups in total.